The molecule has 1 rings (SSSR count). The van der Waals surface area contributed by atoms with Crippen LogP contribution in [0.25, 0.3) is 0 Å². The zero-order valence-corrected chi connectivity index (χ0v) is 18.6. The summed E-state index contributed by atoms with van der Waals surface area (Å²) >= 11 is 0. The molecule has 1 aliphatic rings. The van der Waals surface area contributed by atoms with Gasteiger partial charge in [0.15, 0.2) is 18.5 Å². The first kappa shape index (κ1) is 26.8. The van der Waals surface area contributed by atoms with Crippen molar-refractivity contribution in [1.82, 2.24) is 5.32 Å². The molecule has 3 N–H and O–H groups in total. The van der Waals surface area contributed by atoms with E-state index >= 15 is 0 Å². The summed E-state index contributed by atoms with van der Waals surface area (Å²) in [6.45, 7) is 5.87. The number of unbranched alkanes of at least 4 members (excludes halogenated alkanes) is 3. The summed E-state index contributed by atoms with van der Waals surface area (Å²) in [5.74, 6) is -1.82. The van der Waals surface area contributed by atoms with Crippen molar-refractivity contribution in [2.24, 2.45) is 5.73 Å². The predicted octanol–water partition coefficient (Wildman–Crippen LogP) is 0.178. The summed E-state index contributed by atoms with van der Waals surface area (Å²) in [6.07, 6.45) is -0.559. The summed E-state index contributed by atoms with van der Waals surface area (Å²) in [4.78, 5) is 45.2. The van der Waals surface area contributed by atoms with Gasteiger partial charge in [0, 0.05) is 40.8 Å². The molecule has 11 nitrogen and oxygen atoms in total. The van der Waals surface area contributed by atoms with Gasteiger partial charge in [0.05, 0.1) is 6.04 Å². The Balaban J connectivity index is 2.67. The average molecular weight is 446 g/mol. The van der Waals surface area contributed by atoms with Crippen molar-refractivity contribution in [3.8, 4) is 0 Å². The van der Waals surface area contributed by atoms with E-state index in [-0.39, 0.29) is 12.5 Å². The molecule has 0 radical (unpaired) electrons. The zero-order valence-electron chi connectivity index (χ0n) is 18.6. The van der Waals surface area contributed by atoms with Crippen molar-refractivity contribution in [3.05, 3.63) is 0 Å². The van der Waals surface area contributed by atoms with Crippen LogP contribution < -0.4 is 11.1 Å². The Morgan fingerprint density at radius 3 is 2.06 bits per heavy atom. The maximum atomic E-state index is 11.6. The Labute approximate surface area is 182 Å². The average Bonchev–Trinajstić information content (AvgIpc) is 2.66. The van der Waals surface area contributed by atoms with Gasteiger partial charge in [0.25, 0.3) is 0 Å². The number of hydrogen-bond donors (Lipinski definition) is 2. The molecular formula is C20H34N2O9. The molecule has 1 heterocycles. The fraction of sp³-hybridized carbons (Fsp3) is 0.800. The van der Waals surface area contributed by atoms with Gasteiger partial charge in [-0.15, -0.1) is 0 Å². The van der Waals surface area contributed by atoms with Crippen molar-refractivity contribution >= 4 is 23.8 Å². The van der Waals surface area contributed by atoms with Crippen LogP contribution in [-0.4, -0.2) is 74.2 Å². The molecule has 0 saturated carbocycles. The monoisotopic (exact) mass is 446 g/mol. The molecule has 0 spiro atoms. The molecule has 11 heteroatoms. The Bertz CT molecular complexity index is 613. The van der Waals surface area contributed by atoms with Gasteiger partial charge >= 0.3 is 17.9 Å². The number of carbonyl (C=O) groups excluding carboxylic acids is 4. The standard InChI is InChI=1S/C20H34N2O9/c1-12(23)22-9-7-5-6-8-10-27-20-17(21)19(30-15(4)26)18(29-14(3)25)16(31-20)11-28-13(2)24/h16-20H,5-11,21H2,1-4H3,(H,22,23). The van der Waals surface area contributed by atoms with Crippen molar-refractivity contribution < 1.29 is 42.9 Å². The summed E-state index contributed by atoms with van der Waals surface area (Å²) in [5.41, 5.74) is 6.20. The topological polar surface area (TPSA) is 152 Å². The first-order valence-electron chi connectivity index (χ1n) is 10.4. The van der Waals surface area contributed by atoms with E-state index < -0.39 is 48.6 Å². The van der Waals surface area contributed by atoms with E-state index in [1.165, 1.54) is 27.7 Å². The largest absolute Gasteiger partial charge is 0.463 e. The molecule has 178 valence electrons. The van der Waals surface area contributed by atoms with Gasteiger partial charge in [0.2, 0.25) is 5.91 Å². The van der Waals surface area contributed by atoms with Crippen molar-refractivity contribution in [3.63, 3.8) is 0 Å². The van der Waals surface area contributed by atoms with Crippen molar-refractivity contribution in [2.45, 2.75) is 84.0 Å². The third kappa shape index (κ3) is 10.6. The van der Waals surface area contributed by atoms with E-state index in [4.69, 9.17) is 29.4 Å². The number of hydrogen-bond acceptors (Lipinski definition) is 10. The molecule has 5 unspecified atom stereocenters. The quantitative estimate of drug-likeness (QED) is 0.241. The van der Waals surface area contributed by atoms with Gasteiger partial charge in [-0.05, 0) is 12.8 Å². The lowest BCUT2D eigenvalue weighted by Crippen LogP contribution is -2.64. The lowest BCUT2D eigenvalue weighted by molar-refractivity contribution is -0.274. The van der Waals surface area contributed by atoms with E-state index in [1.807, 2.05) is 0 Å². The van der Waals surface area contributed by atoms with E-state index in [9.17, 15) is 19.2 Å². The molecular weight excluding hydrogens is 412 g/mol. The molecule has 0 aromatic heterocycles. The second kappa shape index (κ2) is 13.9. The Hall–Kier alpha value is -2.24. The van der Waals surface area contributed by atoms with Gasteiger partial charge in [-0.2, -0.15) is 0 Å². The van der Waals surface area contributed by atoms with Gasteiger partial charge < -0.3 is 34.7 Å². The number of nitrogens with two attached hydrogens (primary N) is 1. The molecule has 0 aliphatic carbocycles. The fourth-order valence-corrected chi connectivity index (χ4v) is 3.13. The number of esters is 3. The van der Waals surface area contributed by atoms with Crippen molar-refractivity contribution in [2.75, 3.05) is 19.8 Å². The summed E-state index contributed by atoms with van der Waals surface area (Å²) in [5, 5.41) is 2.74. The molecule has 0 bridgehead atoms. The normalized spacial score (nSPS) is 25.4. The number of amides is 1. The van der Waals surface area contributed by atoms with Gasteiger partial charge in [-0.1, -0.05) is 12.8 Å². The van der Waals surface area contributed by atoms with E-state index in [1.54, 1.807) is 0 Å². The lowest BCUT2D eigenvalue weighted by atomic mass is 9.97. The van der Waals surface area contributed by atoms with E-state index in [0.29, 0.717) is 13.2 Å². The lowest BCUT2D eigenvalue weighted by Gasteiger charge is -2.43. The predicted molar refractivity (Wildman–Crippen MR) is 107 cm³/mol. The molecule has 5 atom stereocenters. The molecule has 1 fully saturated rings. The minimum absolute atomic E-state index is 0.0514. The fourth-order valence-electron chi connectivity index (χ4n) is 3.13. The van der Waals surface area contributed by atoms with Crippen LogP contribution in [0, 0.1) is 0 Å². The van der Waals surface area contributed by atoms with Crippen LogP contribution in [0.3, 0.4) is 0 Å². The highest BCUT2D eigenvalue weighted by molar-refractivity contribution is 5.72. The van der Waals surface area contributed by atoms with Gasteiger partial charge in [-0.3, -0.25) is 19.2 Å². The summed E-state index contributed by atoms with van der Waals surface area (Å²) < 4.78 is 27.1. The van der Waals surface area contributed by atoms with Gasteiger partial charge in [0.1, 0.15) is 12.7 Å². The SMILES string of the molecule is CC(=O)NCCCCCCOC1OC(COC(C)=O)C(OC(C)=O)C(OC(C)=O)C1N. The molecule has 31 heavy (non-hydrogen) atoms. The summed E-state index contributed by atoms with van der Waals surface area (Å²) in [6, 6.07) is -0.915. The van der Waals surface area contributed by atoms with Crippen LogP contribution in [0.2, 0.25) is 0 Å². The third-order valence-corrected chi connectivity index (χ3v) is 4.47. The van der Waals surface area contributed by atoms with Crippen LogP contribution in [0.4, 0.5) is 0 Å². The Morgan fingerprint density at radius 2 is 1.48 bits per heavy atom. The maximum absolute atomic E-state index is 11.6. The van der Waals surface area contributed by atoms with Crippen molar-refractivity contribution in [1.29, 1.82) is 0 Å². The first-order valence-corrected chi connectivity index (χ1v) is 10.4. The zero-order chi connectivity index (χ0) is 23.4. The van der Waals surface area contributed by atoms with Crippen LogP contribution >= 0.6 is 0 Å². The number of carbonyl (C=O) groups is 4. The highest BCUT2D eigenvalue weighted by Crippen LogP contribution is 2.26. The smallest absolute Gasteiger partial charge is 0.303 e. The van der Waals surface area contributed by atoms with Crippen LogP contribution in [0.1, 0.15) is 53.4 Å². The molecule has 1 saturated heterocycles. The van der Waals surface area contributed by atoms with Crippen LogP contribution in [-0.2, 0) is 42.9 Å². The second-order valence-electron chi connectivity index (χ2n) is 7.34. The Kier molecular flexibility index (Phi) is 12.1. The summed E-state index contributed by atoms with van der Waals surface area (Å²) in [7, 11) is 0. The van der Waals surface area contributed by atoms with E-state index in [0.717, 1.165) is 25.7 Å². The first-order chi connectivity index (χ1) is 14.6. The molecule has 0 aromatic rings. The number of nitrogens with one attached hydrogen (secondary N) is 1. The highest BCUT2D eigenvalue weighted by atomic mass is 16.7. The van der Waals surface area contributed by atoms with E-state index in [2.05, 4.69) is 5.32 Å². The number of ether oxygens (including phenoxy) is 5. The minimum Gasteiger partial charge on any atom is -0.463 e. The minimum atomic E-state index is -1.05. The second-order valence-corrected chi connectivity index (χ2v) is 7.34. The van der Waals surface area contributed by atoms with Gasteiger partial charge in [-0.25, -0.2) is 0 Å². The highest BCUT2D eigenvalue weighted by Gasteiger charge is 2.49. The van der Waals surface area contributed by atoms with Crippen LogP contribution in [0.5, 0.6) is 0 Å². The molecule has 0 aromatic carbocycles. The van der Waals surface area contributed by atoms with Crippen LogP contribution in [0.15, 0.2) is 0 Å². The molecule has 1 amide bonds. The maximum Gasteiger partial charge on any atom is 0.303 e. The Morgan fingerprint density at radius 1 is 0.871 bits per heavy atom. The number of rotatable bonds is 12. The molecule has 1 aliphatic heterocycles. The third-order valence-electron chi connectivity index (χ3n) is 4.47.